The molecule has 36 nitrogen and oxygen atoms in total. The van der Waals surface area contributed by atoms with E-state index in [1.54, 1.807) is 36.4 Å². The van der Waals surface area contributed by atoms with Gasteiger partial charge in [-0.3, -0.25) is 29.3 Å². The predicted molar refractivity (Wildman–Crippen MR) is 308 cm³/mol. The molecule has 0 aromatic heterocycles. The van der Waals surface area contributed by atoms with Crippen LogP contribution < -0.4 is 122 Å². The van der Waals surface area contributed by atoms with Crippen molar-refractivity contribution in [2.75, 3.05) is 19.8 Å². The number of aliphatic hydroxyl groups is 12. The molecule has 0 saturated heterocycles. The molecule has 6 heterocycles. The maximum atomic E-state index is 12.2. The molecule has 3 aromatic rings. The standard InChI is InChI=1S/3C17H20N4O6.3Na.H3O4P.2H2O/c3*1-7-3-9-10(4-8(7)2)21(5-11(23)14(25)12(24)6-22)15-13(18-9)16(26)20-17(27)19-15;;;;1-5(2,3)4;;/h3*3-4,11-12,14,22-25H,5-6H2,1-2H3,(H,20,26,27);;;;(H3,1,2,3,4);2*1H2/q;;;3*+1;;;. The summed E-state index contributed by atoms with van der Waals surface area (Å²) in [5.41, 5.74) is 3.34. The van der Waals surface area contributed by atoms with E-state index in [2.05, 4.69) is 44.9 Å². The molecule has 0 spiro atoms. The Morgan fingerprint density at radius 2 is 0.582 bits per heavy atom. The Morgan fingerprint density at radius 3 is 0.780 bits per heavy atom. The van der Waals surface area contributed by atoms with Gasteiger partial charge in [0.15, 0.2) is 34.6 Å². The van der Waals surface area contributed by atoms with Crippen LogP contribution >= 0.6 is 7.82 Å². The predicted octanol–water partition coefficient (Wildman–Crippen LogP) is -16.7. The Bertz CT molecular complexity index is 3840. The number of H-pyrrole nitrogens is 3. The molecule has 22 N–H and O–H groups in total. The smallest absolute Gasteiger partial charge is 0.412 e. The summed E-state index contributed by atoms with van der Waals surface area (Å²) in [6.45, 7) is 8.19. The first kappa shape index (κ1) is 84.1. The summed E-state index contributed by atoms with van der Waals surface area (Å²) in [6.07, 6.45) is -14.0. The third-order valence-corrected chi connectivity index (χ3v) is 13.7. The van der Waals surface area contributed by atoms with E-state index < -0.39 is 116 Å². The van der Waals surface area contributed by atoms with Gasteiger partial charge in [0.2, 0.25) is 0 Å². The number of nitrogens with one attached hydrogen (secondary N) is 3. The van der Waals surface area contributed by atoms with Gasteiger partial charge in [-0.05, 0) is 111 Å². The first-order valence-corrected chi connectivity index (χ1v) is 27.2. The summed E-state index contributed by atoms with van der Waals surface area (Å²) in [7, 11) is -4.64. The van der Waals surface area contributed by atoms with E-state index in [4.69, 9.17) is 34.6 Å². The number of aliphatic hydroxyl groups excluding tert-OH is 12. The molecule has 0 aliphatic carbocycles. The zero-order chi connectivity index (χ0) is 64.1. The van der Waals surface area contributed by atoms with Crippen molar-refractivity contribution in [1.82, 2.24) is 58.6 Å². The Balaban J connectivity index is 0.000000640. The third kappa shape index (κ3) is 20.5. The molecule has 0 fully saturated rings. The van der Waals surface area contributed by atoms with Crippen molar-refractivity contribution in [2.24, 2.45) is 0 Å². The monoisotopic (exact) mass is 1330 g/mol. The van der Waals surface area contributed by atoms with Crippen molar-refractivity contribution in [3.63, 3.8) is 0 Å². The quantitative estimate of drug-likeness (QED) is 0.0257. The number of rotatable bonds is 15. The van der Waals surface area contributed by atoms with E-state index in [9.17, 15) is 74.7 Å². The molecule has 0 amide bonds. The second-order valence-corrected chi connectivity index (χ2v) is 21.0. The number of aromatic amines is 3. The summed E-state index contributed by atoms with van der Waals surface area (Å²) in [4.78, 5) is 124. The molecule has 6 aliphatic rings. The number of fused-ring (bicyclic) bond motifs is 6. The van der Waals surface area contributed by atoms with Gasteiger partial charge in [-0.2, -0.15) is 15.0 Å². The third-order valence-electron chi connectivity index (χ3n) is 13.7. The van der Waals surface area contributed by atoms with Gasteiger partial charge >= 0.3 is 114 Å². The maximum absolute atomic E-state index is 12.2. The summed E-state index contributed by atoms with van der Waals surface area (Å²) in [5, 5.41) is 116. The molecule has 9 atom stereocenters. The molecule has 91 heavy (non-hydrogen) atoms. The number of nitrogens with zero attached hydrogens (tertiary/aromatic N) is 9. The number of aromatic nitrogens is 12. The van der Waals surface area contributed by atoms with E-state index in [-0.39, 0.29) is 154 Å². The van der Waals surface area contributed by atoms with Crippen LogP contribution in [0.2, 0.25) is 0 Å². The number of phosphoric acid groups is 1. The minimum absolute atomic E-state index is 0. The molecule has 0 bridgehead atoms. The molecular formula is C51H67N12Na3O24P+3. The molecule has 40 heteroatoms. The fraction of sp³-hybridized carbons (Fsp3) is 0.412. The van der Waals surface area contributed by atoms with Crippen molar-refractivity contribution in [3.05, 3.63) is 132 Å². The van der Waals surface area contributed by atoms with Gasteiger partial charge in [0.1, 0.15) is 54.9 Å². The van der Waals surface area contributed by atoms with E-state index in [0.717, 1.165) is 33.4 Å². The summed E-state index contributed by atoms with van der Waals surface area (Å²) in [5.74, 6) is -0.155. The van der Waals surface area contributed by atoms with Crippen LogP contribution in [0.15, 0.2) is 65.2 Å². The van der Waals surface area contributed by atoms with Gasteiger partial charge in [0.25, 0.3) is 16.7 Å². The van der Waals surface area contributed by atoms with Gasteiger partial charge in [-0.1, -0.05) is 0 Å². The Kier molecular flexibility index (Phi) is 32.8. The molecule has 9 rings (SSSR count). The Morgan fingerprint density at radius 1 is 0.385 bits per heavy atom. The summed E-state index contributed by atoms with van der Waals surface area (Å²) >= 11 is 0. The number of hydrogen-bond acceptors (Lipinski definition) is 25. The van der Waals surface area contributed by atoms with Crippen molar-refractivity contribution < 1.29 is 180 Å². The molecule has 9 unspecified atom stereocenters. The minimum atomic E-state index is -4.64. The largest absolute Gasteiger partial charge is 1.00 e. The fourth-order valence-electron chi connectivity index (χ4n) is 8.68. The van der Waals surface area contributed by atoms with Gasteiger partial charge in [0.05, 0.1) is 72.6 Å². The number of aryl methyl sites for hydroxylation is 6. The zero-order valence-corrected chi connectivity index (χ0v) is 57.3. The van der Waals surface area contributed by atoms with E-state index in [0.29, 0.717) is 33.1 Å². The summed E-state index contributed by atoms with van der Waals surface area (Å²) in [6, 6.07) is 10.6. The van der Waals surface area contributed by atoms with Gasteiger partial charge in [-0.25, -0.2) is 33.9 Å². The topological polar surface area (TPSA) is 625 Å². The maximum Gasteiger partial charge on any atom is 1.00 e. The SMILES string of the molecule is Cc1cc2nc3c(=O)[nH]c(=O)nc-3n(CC(O)C(O)C(O)CO)c2cc1C.Cc1cc2nc3c(=O)[nH]c(=O)nc-3n(CC(O)C(O)C(O)CO)c2cc1C.Cc1cc2nc3c(=O)[nH]c(=O)nc-3n(CC(O)C(O)C(O)CO)c2cc1C.O.O.O=P(O)(O)O.[Na+].[Na+].[Na+]. The van der Waals surface area contributed by atoms with Crippen molar-refractivity contribution in [3.8, 4) is 34.6 Å². The summed E-state index contributed by atoms with van der Waals surface area (Å²) < 4.78 is 13.1. The average molecular weight is 1330 g/mol. The van der Waals surface area contributed by atoms with Crippen LogP contribution in [0.25, 0.3) is 67.7 Å². The second kappa shape index (κ2) is 35.5. The molecular weight excluding hydrogens is 1260 g/mol. The van der Waals surface area contributed by atoms with Crippen LogP contribution in [0, 0.1) is 41.5 Å². The van der Waals surface area contributed by atoms with E-state index >= 15 is 0 Å². The molecule has 6 aliphatic heterocycles. The van der Waals surface area contributed by atoms with Crippen molar-refractivity contribution >= 4 is 40.9 Å². The molecule has 0 radical (unpaired) electrons. The first-order chi connectivity index (χ1) is 40.2. The molecule has 3 aromatic carbocycles. The average Bonchev–Trinajstić information content (AvgIpc) is 0.873. The van der Waals surface area contributed by atoms with Gasteiger partial charge in [-0.15, -0.1) is 0 Å². The second-order valence-electron chi connectivity index (χ2n) is 20.0. The minimum Gasteiger partial charge on any atom is -0.412 e. The zero-order valence-electron chi connectivity index (χ0n) is 50.4. The van der Waals surface area contributed by atoms with Crippen LogP contribution in [0.5, 0.6) is 0 Å². The number of hydrogen-bond donors (Lipinski definition) is 18. The van der Waals surface area contributed by atoms with Crippen LogP contribution in [-0.4, -0.2) is 220 Å². The van der Waals surface area contributed by atoms with E-state index in [1.165, 1.54) is 13.7 Å². The fourth-order valence-corrected chi connectivity index (χ4v) is 8.68. The first-order valence-electron chi connectivity index (χ1n) is 25.7. The van der Waals surface area contributed by atoms with E-state index in [1.807, 2.05) is 41.5 Å². The van der Waals surface area contributed by atoms with Gasteiger partial charge in [0, 0.05) is 0 Å². The van der Waals surface area contributed by atoms with Crippen LogP contribution in [0.1, 0.15) is 33.4 Å². The van der Waals surface area contributed by atoms with Crippen LogP contribution in [0.3, 0.4) is 0 Å². The molecule has 480 valence electrons. The van der Waals surface area contributed by atoms with Crippen LogP contribution in [0.4, 0.5) is 0 Å². The normalized spacial score (nSPS) is 14.2. The Hall–Kier alpha value is -4.95. The van der Waals surface area contributed by atoms with Crippen LogP contribution in [-0.2, 0) is 24.2 Å². The number of benzene rings is 3. The molecule has 0 saturated carbocycles. The van der Waals surface area contributed by atoms with Crippen molar-refractivity contribution in [2.45, 2.75) is 116 Å². The van der Waals surface area contributed by atoms with Crippen molar-refractivity contribution in [1.29, 1.82) is 0 Å². The van der Waals surface area contributed by atoms with Gasteiger partial charge < -0.3 is 101 Å². The Labute approximate surface area is 577 Å².